The van der Waals surface area contributed by atoms with E-state index in [1.165, 1.54) is 286 Å². The van der Waals surface area contributed by atoms with Crippen LogP contribution in [-0.2, 0) is 32.1 Å². The van der Waals surface area contributed by atoms with E-state index in [1.807, 2.05) is 12.1 Å². The van der Waals surface area contributed by atoms with Crippen LogP contribution in [0.15, 0.2) is 132 Å². The van der Waals surface area contributed by atoms with Gasteiger partial charge < -0.3 is 4.90 Å². The monoisotopic (exact) mass is 1470 g/mol. The molecule has 0 aromatic heterocycles. The fraction of sp³-hybridized carbons (Fsp3) is 0.481. The van der Waals surface area contributed by atoms with Crippen LogP contribution in [0, 0.1) is 71.0 Å². The molecule has 15 rings (SSSR count). The average molecular weight is 1470 g/mol. The van der Waals surface area contributed by atoms with Crippen LogP contribution >= 0.6 is 0 Å². The van der Waals surface area contributed by atoms with E-state index < -0.39 is 0 Å². The number of hydrogen-bond donors (Lipinski definition) is 0. The highest BCUT2D eigenvalue weighted by Crippen LogP contribution is 2.61. The maximum absolute atomic E-state index is 4.70. The summed E-state index contributed by atoms with van der Waals surface area (Å²) in [5.74, 6) is 14.6. The Bertz CT molecular complexity index is 5470. The molecule has 0 radical (unpaired) electrons. The Balaban J connectivity index is 1.04. The quantitative estimate of drug-likeness (QED) is 0.0164. The molecule has 5 atom stereocenters. The Morgan fingerprint density at radius 1 is 0.234 bits per heavy atom. The minimum absolute atomic E-state index is 0.642. The molecule has 578 valence electrons. The molecule has 0 saturated heterocycles. The van der Waals surface area contributed by atoms with Gasteiger partial charge in [0.05, 0.1) is 11.4 Å². The van der Waals surface area contributed by atoms with E-state index in [4.69, 9.17) is 5.11 Å². The Labute approximate surface area is 667 Å². The van der Waals surface area contributed by atoms with E-state index in [-0.39, 0.29) is 0 Å². The number of benzene rings is 15. The topological polar surface area (TPSA) is 28.0 Å². The van der Waals surface area contributed by atoms with Crippen molar-refractivity contribution >= 4 is 146 Å². The number of azo groups is 1. The highest BCUT2D eigenvalue weighted by atomic mass is 15.1. The van der Waals surface area contributed by atoms with Crippen LogP contribution in [0.1, 0.15) is 271 Å². The van der Waals surface area contributed by atoms with Gasteiger partial charge in [0.1, 0.15) is 0 Å². The minimum atomic E-state index is 0.642. The van der Waals surface area contributed by atoms with E-state index in [0.29, 0.717) is 29.6 Å². The highest BCUT2D eigenvalue weighted by Gasteiger charge is 2.33. The molecule has 3 heteroatoms. The van der Waals surface area contributed by atoms with Crippen molar-refractivity contribution in [2.45, 2.75) is 264 Å². The number of rotatable bonds is 38. The summed E-state index contributed by atoms with van der Waals surface area (Å²) >= 11 is 0. The SMILES string of the molecule is CC(C)CCCC(C)CCc1cc2c3cc(C#Cc4ccc(N=Nc5ccc(N(C)C)cc5)cc4)cc4c5cc(CCC(C)CCCC(C)C)cc6c7cc(CCC(C)CCCC(C)C)cc8c9cc(CCC(C)CCCC(C)C)cc%10c%11cc(CCC(C)CCCC(C)C)cc%12c(c1)c2c1c(c34)c(c56)c(c78)c(c%109)c1c%12%11. The molecule has 0 amide bonds. The van der Waals surface area contributed by atoms with Gasteiger partial charge >= 0.3 is 0 Å². The molecule has 0 bridgehead atoms. The predicted molar refractivity (Wildman–Crippen MR) is 492 cm³/mol. The second-order valence-electron chi connectivity index (χ2n) is 38.8. The normalized spacial score (nSPS) is 14.3. The summed E-state index contributed by atoms with van der Waals surface area (Å²) in [5.41, 5.74) is 12.3. The van der Waals surface area contributed by atoms with E-state index >= 15 is 0 Å². The van der Waals surface area contributed by atoms with Gasteiger partial charge in [-0.3, -0.25) is 0 Å². The van der Waals surface area contributed by atoms with E-state index in [2.05, 4.69) is 249 Å². The molecule has 0 N–H and O–H groups in total. The van der Waals surface area contributed by atoms with Gasteiger partial charge in [-0.05, 0) is 341 Å². The lowest BCUT2D eigenvalue weighted by Gasteiger charge is -2.30. The molecule has 0 fully saturated rings. The van der Waals surface area contributed by atoms with Gasteiger partial charge in [0.15, 0.2) is 0 Å². The van der Waals surface area contributed by atoms with Crippen LogP contribution in [0.5, 0.6) is 0 Å². The Hall–Kier alpha value is -8.06. The lowest BCUT2D eigenvalue weighted by atomic mass is 9.72. The predicted octanol–water partition coefficient (Wildman–Crippen LogP) is 33.0. The Morgan fingerprint density at radius 2 is 0.441 bits per heavy atom. The molecule has 0 spiro atoms. The Kier molecular flexibility index (Phi) is 23.6. The third-order valence-electron chi connectivity index (χ3n) is 26.8. The molecule has 0 aliphatic carbocycles. The second-order valence-corrected chi connectivity index (χ2v) is 38.8. The van der Waals surface area contributed by atoms with Crippen molar-refractivity contribution in [3.05, 3.63) is 160 Å². The first-order chi connectivity index (χ1) is 53.5. The van der Waals surface area contributed by atoms with Gasteiger partial charge in [-0.2, -0.15) is 10.2 Å². The second kappa shape index (κ2) is 33.6. The van der Waals surface area contributed by atoms with Crippen LogP contribution in [0.25, 0.3) is 129 Å². The van der Waals surface area contributed by atoms with Gasteiger partial charge in [-0.1, -0.05) is 273 Å². The molecule has 0 heterocycles. The molecule has 0 saturated carbocycles. The summed E-state index contributed by atoms with van der Waals surface area (Å²) in [5, 5.41) is 44.6. The Morgan fingerprint density at radius 3 is 0.658 bits per heavy atom. The number of nitrogens with zero attached hydrogens (tertiary/aromatic N) is 3. The number of aryl methyl sites for hydroxylation is 5. The van der Waals surface area contributed by atoms with Crippen molar-refractivity contribution in [1.29, 1.82) is 0 Å². The van der Waals surface area contributed by atoms with Gasteiger partial charge in [0.2, 0.25) is 0 Å². The van der Waals surface area contributed by atoms with Crippen molar-refractivity contribution < 1.29 is 0 Å². The first-order valence-corrected chi connectivity index (χ1v) is 44.6. The summed E-state index contributed by atoms with van der Waals surface area (Å²) in [7, 11) is 4.13. The smallest absolute Gasteiger partial charge is 0.0858 e. The molecule has 15 aromatic carbocycles. The molecule has 0 aliphatic rings. The fourth-order valence-corrected chi connectivity index (χ4v) is 20.2. The molecule has 15 aromatic rings. The van der Waals surface area contributed by atoms with Gasteiger partial charge in [-0.15, -0.1) is 0 Å². The van der Waals surface area contributed by atoms with Crippen molar-refractivity contribution in [1.82, 2.24) is 0 Å². The molecular weight excluding hydrogens is 1340 g/mol. The average Bonchev–Trinajstić information content (AvgIpc) is 0.642. The first-order valence-electron chi connectivity index (χ1n) is 44.6. The first kappa shape index (κ1) is 78.2. The van der Waals surface area contributed by atoms with Gasteiger partial charge in [0.25, 0.3) is 0 Å². The standard InChI is InChI=1S/C108H131N3/c1-65(2)23-18-28-70(11)33-38-76-53-85-87-55-77(39-34-71(12)29-19-24-66(3)4)57-89-91-59-79(41-36-73(14)31-21-26-68(7)8)61-93-95-63-81(44-43-75-45-47-82(48-46-75)109-110-83-49-51-84(52-50-83)111(16)17)64-96-94-62-80(42-37-74(15)32-22-27-69(9)10)60-92-90-58-78(40-35-72(13)30-20-25-67(5)6)56-88-86(54-76)97(85)103-104(98(87)89)106(100(91)93)108(102(95)96)107(101(92)94)105(103)99(88)90/h45-74H,18-42H2,1-17H3. The lowest BCUT2D eigenvalue weighted by molar-refractivity contribution is 0.437. The van der Waals surface area contributed by atoms with Crippen LogP contribution in [0.4, 0.5) is 17.1 Å². The maximum Gasteiger partial charge on any atom is 0.0858 e. The summed E-state index contributed by atoms with van der Waals surface area (Å²) in [6.45, 7) is 36.7. The summed E-state index contributed by atoms with van der Waals surface area (Å²) in [4.78, 5) is 2.11. The number of hydrogen-bond acceptors (Lipinski definition) is 3. The fourth-order valence-electron chi connectivity index (χ4n) is 20.2. The minimum Gasteiger partial charge on any atom is -0.378 e. The molecule has 111 heavy (non-hydrogen) atoms. The zero-order valence-electron chi connectivity index (χ0n) is 71.3. The van der Waals surface area contributed by atoms with Crippen molar-refractivity contribution in [3.63, 3.8) is 0 Å². The maximum atomic E-state index is 4.70. The van der Waals surface area contributed by atoms with Crippen molar-refractivity contribution in [2.75, 3.05) is 19.0 Å². The molecular formula is C108H131N3. The van der Waals surface area contributed by atoms with Crippen LogP contribution in [0.2, 0.25) is 0 Å². The molecule has 3 nitrogen and oxygen atoms in total. The number of fused-ring (bicyclic) bond motifs is 6. The van der Waals surface area contributed by atoms with E-state index in [1.54, 1.807) is 0 Å². The lowest BCUT2D eigenvalue weighted by Crippen LogP contribution is -2.07. The molecule has 5 unspecified atom stereocenters. The number of anilines is 1. The van der Waals surface area contributed by atoms with E-state index in [9.17, 15) is 0 Å². The van der Waals surface area contributed by atoms with Crippen LogP contribution in [0.3, 0.4) is 0 Å². The van der Waals surface area contributed by atoms with Crippen molar-refractivity contribution in [3.8, 4) is 11.8 Å². The summed E-state index contributed by atoms with van der Waals surface area (Å²) < 4.78 is 0. The largest absolute Gasteiger partial charge is 0.378 e. The highest BCUT2D eigenvalue weighted by molar-refractivity contribution is 6.61. The van der Waals surface area contributed by atoms with Crippen molar-refractivity contribution in [2.24, 2.45) is 69.4 Å². The summed E-state index contributed by atoms with van der Waals surface area (Å²) in [6.07, 6.45) is 30.9. The third-order valence-corrected chi connectivity index (χ3v) is 26.8. The van der Waals surface area contributed by atoms with E-state index in [0.717, 1.165) is 89.9 Å². The van der Waals surface area contributed by atoms with Gasteiger partial charge in [-0.25, -0.2) is 0 Å². The summed E-state index contributed by atoms with van der Waals surface area (Å²) in [6, 6.07) is 49.2. The van der Waals surface area contributed by atoms with Gasteiger partial charge in [0, 0.05) is 30.9 Å². The third kappa shape index (κ3) is 16.4. The zero-order chi connectivity index (χ0) is 77.6. The van der Waals surface area contributed by atoms with Crippen LogP contribution in [-0.4, -0.2) is 14.1 Å². The van der Waals surface area contributed by atoms with Crippen LogP contribution < -0.4 is 4.90 Å². The zero-order valence-corrected chi connectivity index (χ0v) is 71.3. The molecule has 0 aliphatic heterocycles.